The summed E-state index contributed by atoms with van der Waals surface area (Å²) in [7, 11) is 1.55. The van der Waals surface area contributed by atoms with Crippen LogP contribution in [0.15, 0.2) is 17.9 Å². The van der Waals surface area contributed by atoms with Gasteiger partial charge in [0.05, 0.1) is 12.2 Å². The van der Waals surface area contributed by atoms with Crippen LogP contribution in [0.5, 0.6) is 0 Å². The Kier molecular flexibility index (Phi) is 6.09. The summed E-state index contributed by atoms with van der Waals surface area (Å²) in [5.41, 5.74) is 3.45. The monoisotopic (exact) mass is 390 g/mol. The van der Waals surface area contributed by atoms with Gasteiger partial charge in [-0.25, -0.2) is 0 Å². The SMILES string of the molecule is COCOCCN1C(=O)C(c2c(C)cc(C)cc2C)=C(O)C12CCN(O)CC2. The lowest BCUT2D eigenvalue weighted by Gasteiger charge is -2.43. The molecular weight excluding hydrogens is 360 g/mol. The van der Waals surface area contributed by atoms with E-state index in [4.69, 9.17) is 9.47 Å². The number of piperidine rings is 1. The maximum atomic E-state index is 13.5. The van der Waals surface area contributed by atoms with E-state index in [1.165, 1.54) is 5.06 Å². The molecule has 2 aliphatic rings. The number of rotatable bonds is 6. The summed E-state index contributed by atoms with van der Waals surface area (Å²) in [4.78, 5) is 15.2. The summed E-state index contributed by atoms with van der Waals surface area (Å²) in [5, 5.41) is 22.4. The number of aliphatic hydroxyl groups excluding tert-OH is 1. The van der Waals surface area contributed by atoms with Crippen LogP contribution in [0.1, 0.15) is 35.1 Å². The standard InChI is InChI=1S/C21H30N2O5/c1-14-11-15(2)17(16(3)12-14)18-19(24)21(5-7-22(26)8-6-21)23(20(18)25)9-10-28-13-27-4/h11-12,24,26H,5-10,13H2,1-4H3. The zero-order valence-electron chi connectivity index (χ0n) is 17.1. The van der Waals surface area contributed by atoms with Gasteiger partial charge in [0.25, 0.3) is 5.91 Å². The molecule has 154 valence electrons. The second-order valence-corrected chi connectivity index (χ2v) is 7.75. The van der Waals surface area contributed by atoms with E-state index in [0.717, 1.165) is 22.3 Å². The maximum absolute atomic E-state index is 13.5. The summed E-state index contributed by atoms with van der Waals surface area (Å²) in [5.74, 6) is -0.0626. The number of carbonyl (C=O) groups is 1. The number of hydrogen-bond donors (Lipinski definition) is 2. The van der Waals surface area contributed by atoms with Crippen LogP contribution >= 0.6 is 0 Å². The van der Waals surface area contributed by atoms with Crippen molar-refractivity contribution < 1.29 is 24.6 Å². The first-order chi connectivity index (χ1) is 13.3. The Hall–Kier alpha value is -1.93. The van der Waals surface area contributed by atoms with Crippen molar-refractivity contribution in [1.82, 2.24) is 9.96 Å². The number of aryl methyl sites for hydroxylation is 3. The second-order valence-electron chi connectivity index (χ2n) is 7.75. The summed E-state index contributed by atoms with van der Waals surface area (Å²) in [6, 6.07) is 4.06. The first-order valence-corrected chi connectivity index (χ1v) is 9.66. The molecule has 28 heavy (non-hydrogen) atoms. The van der Waals surface area contributed by atoms with Gasteiger partial charge in [0.2, 0.25) is 0 Å². The third-order valence-corrected chi connectivity index (χ3v) is 5.81. The van der Waals surface area contributed by atoms with E-state index in [1.54, 1.807) is 12.0 Å². The molecule has 1 amide bonds. The average molecular weight is 390 g/mol. The minimum Gasteiger partial charge on any atom is -0.509 e. The molecule has 0 aliphatic carbocycles. The van der Waals surface area contributed by atoms with E-state index >= 15 is 0 Å². The van der Waals surface area contributed by atoms with Crippen LogP contribution in [0.2, 0.25) is 0 Å². The second kappa shape index (κ2) is 8.21. The van der Waals surface area contributed by atoms with E-state index in [-0.39, 0.29) is 18.5 Å². The van der Waals surface area contributed by atoms with E-state index in [9.17, 15) is 15.1 Å². The minimum absolute atomic E-state index is 0.118. The highest BCUT2D eigenvalue weighted by atomic mass is 16.7. The van der Waals surface area contributed by atoms with Gasteiger partial charge in [-0.3, -0.25) is 4.79 Å². The molecule has 7 heteroatoms. The van der Waals surface area contributed by atoms with Gasteiger partial charge in [0.15, 0.2) is 0 Å². The highest BCUT2D eigenvalue weighted by Crippen LogP contribution is 2.46. The molecule has 1 saturated heterocycles. The van der Waals surface area contributed by atoms with Crippen LogP contribution in [0, 0.1) is 20.8 Å². The predicted molar refractivity (Wildman–Crippen MR) is 105 cm³/mol. The first-order valence-electron chi connectivity index (χ1n) is 9.66. The molecule has 0 bridgehead atoms. The lowest BCUT2D eigenvalue weighted by Crippen LogP contribution is -2.55. The van der Waals surface area contributed by atoms with Crippen molar-refractivity contribution in [2.75, 3.05) is 40.1 Å². The van der Waals surface area contributed by atoms with Gasteiger partial charge in [-0.05, 0) is 50.3 Å². The van der Waals surface area contributed by atoms with Gasteiger partial charge in [-0.15, -0.1) is 0 Å². The Balaban J connectivity index is 2.03. The summed E-state index contributed by atoms with van der Waals surface area (Å²) < 4.78 is 10.3. The molecule has 1 aromatic carbocycles. The van der Waals surface area contributed by atoms with Crippen LogP contribution in [-0.2, 0) is 14.3 Å². The van der Waals surface area contributed by atoms with Crippen LogP contribution in [0.25, 0.3) is 5.57 Å². The van der Waals surface area contributed by atoms with Gasteiger partial charge in [-0.1, -0.05) is 17.7 Å². The molecule has 7 nitrogen and oxygen atoms in total. The van der Waals surface area contributed by atoms with Crippen molar-refractivity contribution in [2.45, 2.75) is 39.2 Å². The van der Waals surface area contributed by atoms with Crippen LogP contribution < -0.4 is 0 Å². The lowest BCUT2D eigenvalue weighted by molar-refractivity contribution is -0.147. The zero-order chi connectivity index (χ0) is 20.5. The number of amides is 1. The number of benzene rings is 1. The quantitative estimate of drug-likeness (QED) is 0.574. The average Bonchev–Trinajstić information content (AvgIpc) is 2.82. The molecule has 0 saturated carbocycles. The van der Waals surface area contributed by atoms with E-state index in [1.807, 2.05) is 32.9 Å². The molecule has 0 unspecified atom stereocenters. The van der Waals surface area contributed by atoms with Crippen molar-refractivity contribution in [3.8, 4) is 0 Å². The molecule has 1 aromatic rings. The number of ether oxygens (including phenoxy) is 2. The molecule has 0 aromatic heterocycles. The summed E-state index contributed by atoms with van der Waals surface area (Å²) >= 11 is 0. The molecule has 2 N–H and O–H groups in total. The normalized spacial score (nSPS) is 19.9. The van der Waals surface area contributed by atoms with E-state index < -0.39 is 5.54 Å². The molecule has 3 rings (SSSR count). The van der Waals surface area contributed by atoms with Gasteiger partial charge >= 0.3 is 0 Å². The van der Waals surface area contributed by atoms with Gasteiger partial charge < -0.3 is 24.7 Å². The van der Waals surface area contributed by atoms with Crippen LogP contribution in [0.3, 0.4) is 0 Å². The molecule has 1 spiro atoms. The van der Waals surface area contributed by atoms with Crippen molar-refractivity contribution in [1.29, 1.82) is 0 Å². The number of methoxy groups -OCH3 is 1. The lowest BCUT2D eigenvalue weighted by atomic mass is 9.84. The largest absolute Gasteiger partial charge is 0.509 e. The van der Waals surface area contributed by atoms with Crippen LogP contribution in [0.4, 0.5) is 0 Å². The fourth-order valence-electron chi connectivity index (χ4n) is 4.58. The van der Waals surface area contributed by atoms with E-state index in [0.29, 0.717) is 44.7 Å². The third kappa shape index (κ3) is 3.55. The minimum atomic E-state index is -0.800. The molecule has 0 atom stereocenters. The molecule has 2 aliphatic heterocycles. The Bertz CT molecular complexity index is 758. The highest BCUT2D eigenvalue weighted by molar-refractivity contribution is 6.23. The number of aliphatic hydroxyl groups is 1. The highest BCUT2D eigenvalue weighted by Gasteiger charge is 2.53. The predicted octanol–water partition coefficient (Wildman–Crippen LogP) is 2.57. The molecule has 0 radical (unpaired) electrons. The van der Waals surface area contributed by atoms with Crippen molar-refractivity contribution in [3.63, 3.8) is 0 Å². The smallest absolute Gasteiger partial charge is 0.258 e. The zero-order valence-corrected chi connectivity index (χ0v) is 17.1. The van der Waals surface area contributed by atoms with Crippen LogP contribution in [-0.4, -0.2) is 71.9 Å². The van der Waals surface area contributed by atoms with Crippen molar-refractivity contribution in [2.24, 2.45) is 0 Å². The Morgan fingerprint density at radius 2 is 1.75 bits per heavy atom. The molecule has 1 fully saturated rings. The van der Waals surface area contributed by atoms with Gasteiger partial charge in [-0.2, -0.15) is 5.06 Å². The number of hydroxylamine groups is 2. The number of carbonyl (C=O) groups excluding carboxylic acids is 1. The Morgan fingerprint density at radius 3 is 2.32 bits per heavy atom. The Labute approximate surface area is 166 Å². The van der Waals surface area contributed by atoms with Crippen molar-refractivity contribution >= 4 is 11.5 Å². The van der Waals surface area contributed by atoms with Gasteiger partial charge in [0, 0.05) is 26.7 Å². The fraction of sp³-hybridized carbons (Fsp3) is 0.571. The van der Waals surface area contributed by atoms with Gasteiger partial charge in [0.1, 0.15) is 18.1 Å². The number of hydrogen-bond acceptors (Lipinski definition) is 6. The first kappa shape index (κ1) is 20.8. The van der Waals surface area contributed by atoms with Crippen molar-refractivity contribution in [3.05, 3.63) is 40.1 Å². The number of nitrogens with zero attached hydrogens (tertiary/aromatic N) is 2. The summed E-state index contributed by atoms with van der Waals surface area (Å²) in [6.45, 7) is 7.57. The van der Waals surface area contributed by atoms with E-state index in [2.05, 4.69) is 0 Å². The third-order valence-electron chi connectivity index (χ3n) is 5.81. The fourth-order valence-corrected chi connectivity index (χ4v) is 4.58. The molecular formula is C21H30N2O5. The topological polar surface area (TPSA) is 82.5 Å². The Morgan fingerprint density at radius 1 is 1.14 bits per heavy atom. The summed E-state index contributed by atoms with van der Waals surface area (Å²) in [6.07, 6.45) is 0.942. The maximum Gasteiger partial charge on any atom is 0.258 e. The molecule has 2 heterocycles.